The molecule has 0 spiro atoms. The van der Waals surface area contributed by atoms with E-state index in [0.717, 1.165) is 10.0 Å². The maximum absolute atomic E-state index is 10.8. The van der Waals surface area contributed by atoms with E-state index in [9.17, 15) is 4.79 Å². The number of carbonyl (C=O) groups is 1. The van der Waals surface area contributed by atoms with E-state index < -0.39 is 5.97 Å². The van der Waals surface area contributed by atoms with Gasteiger partial charge in [-0.25, -0.2) is 4.98 Å². The molecular weight excluding hydrogens is 262 g/mol. The van der Waals surface area contributed by atoms with Crippen LogP contribution >= 0.6 is 15.9 Å². The number of aliphatic carboxylic acids is 1. The molecule has 1 saturated carbocycles. The molecule has 2 rings (SSSR count). The van der Waals surface area contributed by atoms with E-state index in [4.69, 9.17) is 9.84 Å². The molecule has 1 aliphatic carbocycles. The van der Waals surface area contributed by atoms with E-state index in [1.807, 2.05) is 6.07 Å². The largest absolute Gasteiger partial charge is 0.481 e. The third-order valence-electron chi connectivity index (χ3n) is 2.55. The molecule has 1 heterocycles. The van der Waals surface area contributed by atoms with Crippen LogP contribution < -0.4 is 4.74 Å². The maximum Gasteiger partial charge on any atom is 0.307 e. The van der Waals surface area contributed by atoms with Crippen LogP contribution in [0.25, 0.3) is 0 Å². The molecule has 2 atom stereocenters. The molecule has 0 radical (unpaired) electrons. The standard InChI is InChI=1S/C10H10BrNO3/c1-15-9-7(2-5(11)4-12-9)6-3-8(6)10(13)14/h2,4,6,8H,3H2,1H3,(H,13,14)/t6-,8+/m0/s1. The second kappa shape index (κ2) is 3.81. The number of carboxylic acids is 1. The lowest BCUT2D eigenvalue weighted by atomic mass is 10.1. The highest BCUT2D eigenvalue weighted by molar-refractivity contribution is 9.10. The minimum absolute atomic E-state index is 0.0439. The molecule has 1 aromatic heterocycles. The van der Waals surface area contributed by atoms with Crippen molar-refractivity contribution in [1.29, 1.82) is 0 Å². The number of hydrogen-bond donors (Lipinski definition) is 1. The zero-order chi connectivity index (χ0) is 11.0. The van der Waals surface area contributed by atoms with Gasteiger partial charge in [-0.15, -0.1) is 0 Å². The predicted molar refractivity (Wildman–Crippen MR) is 57.0 cm³/mol. The highest BCUT2D eigenvalue weighted by atomic mass is 79.9. The second-order valence-electron chi connectivity index (χ2n) is 3.54. The van der Waals surface area contributed by atoms with Crippen molar-refractivity contribution < 1.29 is 14.6 Å². The molecule has 80 valence electrons. The van der Waals surface area contributed by atoms with E-state index >= 15 is 0 Å². The molecule has 4 nitrogen and oxygen atoms in total. The first kappa shape index (κ1) is 10.4. The number of hydrogen-bond acceptors (Lipinski definition) is 3. The average molecular weight is 272 g/mol. The fourth-order valence-corrected chi connectivity index (χ4v) is 2.04. The molecule has 5 heteroatoms. The Morgan fingerprint density at radius 1 is 1.73 bits per heavy atom. The van der Waals surface area contributed by atoms with Crippen LogP contribution in [0.3, 0.4) is 0 Å². The Bertz CT molecular complexity index is 408. The number of methoxy groups -OCH3 is 1. The molecule has 0 aliphatic heterocycles. The van der Waals surface area contributed by atoms with Gasteiger partial charge in [0.25, 0.3) is 0 Å². The lowest BCUT2D eigenvalue weighted by Crippen LogP contribution is -2.01. The van der Waals surface area contributed by atoms with Gasteiger partial charge >= 0.3 is 5.97 Å². The third-order valence-corrected chi connectivity index (χ3v) is 2.98. The van der Waals surface area contributed by atoms with Gasteiger partial charge in [-0.1, -0.05) is 0 Å². The summed E-state index contributed by atoms with van der Waals surface area (Å²) in [5, 5.41) is 8.84. The van der Waals surface area contributed by atoms with Crippen LogP contribution in [0.1, 0.15) is 17.9 Å². The van der Waals surface area contributed by atoms with Crippen molar-refractivity contribution in [1.82, 2.24) is 4.98 Å². The smallest absolute Gasteiger partial charge is 0.307 e. The van der Waals surface area contributed by atoms with Crippen molar-refractivity contribution >= 4 is 21.9 Å². The fourth-order valence-electron chi connectivity index (χ4n) is 1.69. The molecule has 0 bridgehead atoms. The first-order valence-corrected chi connectivity index (χ1v) is 5.35. The van der Waals surface area contributed by atoms with Crippen LogP contribution in [-0.2, 0) is 4.79 Å². The first-order chi connectivity index (χ1) is 7.13. The lowest BCUT2D eigenvalue weighted by molar-refractivity contribution is -0.138. The number of aromatic nitrogens is 1. The Hall–Kier alpha value is -1.10. The highest BCUT2D eigenvalue weighted by Gasteiger charge is 2.45. The summed E-state index contributed by atoms with van der Waals surface area (Å²) in [4.78, 5) is 14.8. The lowest BCUT2D eigenvalue weighted by Gasteiger charge is -2.06. The van der Waals surface area contributed by atoms with E-state index in [-0.39, 0.29) is 11.8 Å². The van der Waals surface area contributed by atoms with Crippen LogP contribution in [0.2, 0.25) is 0 Å². The molecule has 1 fully saturated rings. The summed E-state index contributed by atoms with van der Waals surface area (Å²) < 4.78 is 5.95. The Morgan fingerprint density at radius 3 is 3.00 bits per heavy atom. The van der Waals surface area contributed by atoms with E-state index in [0.29, 0.717) is 12.3 Å². The van der Waals surface area contributed by atoms with E-state index in [1.165, 1.54) is 7.11 Å². The normalized spacial score (nSPS) is 23.6. The molecule has 0 aromatic carbocycles. The maximum atomic E-state index is 10.8. The minimum Gasteiger partial charge on any atom is -0.481 e. The van der Waals surface area contributed by atoms with Crippen LogP contribution in [-0.4, -0.2) is 23.2 Å². The second-order valence-corrected chi connectivity index (χ2v) is 4.45. The quantitative estimate of drug-likeness (QED) is 0.914. The number of nitrogens with zero attached hydrogens (tertiary/aromatic N) is 1. The summed E-state index contributed by atoms with van der Waals surface area (Å²) in [5.74, 6) is -0.466. The fraction of sp³-hybridized carbons (Fsp3) is 0.400. The van der Waals surface area contributed by atoms with Gasteiger partial charge in [0.05, 0.1) is 13.0 Å². The molecule has 1 aliphatic rings. The number of ether oxygens (including phenoxy) is 1. The number of carboxylic acid groups (broad SMARTS) is 1. The van der Waals surface area contributed by atoms with Crippen LogP contribution in [0, 0.1) is 5.92 Å². The molecular formula is C10H10BrNO3. The van der Waals surface area contributed by atoms with Gasteiger partial charge in [-0.2, -0.15) is 0 Å². The van der Waals surface area contributed by atoms with Gasteiger partial charge in [0.1, 0.15) is 0 Å². The molecule has 0 unspecified atom stereocenters. The van der Waals surface area contributed by atoms with Crippen LogP contribution in [0.5, 0.6) is 5.88 Å². The van der Waals surface area contributed by atoms with Gasteiger partial charge in [0, 0.05) is 22.2 Å². The minimum atomic E-state index is -0.748. The molecule has 1 aromatic rings. The van der Waals surface area contributed by atoms with Crippen molar-refractivity contribution in [2.75, 3.05) is 7.11 Å². The van der Waals surface area contributed by atoms with Gasteiger partial charge in [0.15, 0.2) is 0 Å². The molecule has 1 N–H and O–H groups in total. The van der Waals surface area contributed by atoms with Gasteiger partial charge < -0.3 is 9.84 Å². The number of rotatable bonds is 3. The van der Waals surface area contributed by atoms with E-state index in [1.54, 1.807) is 6.20 Å². The summed E-state index contributed by atoms with van der Waals surface area (Å²) in [6.45, 7) is 0. The molecule has 15 heavy (non-hydrogen) atoms. The topological polar surface area (TPSA) is 59.4 Å². The summed E-state index contributed by atoms with van der Waals surface area (Å²) in [5.41, 5.74) is 0.874. The Morgan fingerprint density at radius 2 is 2.47 bits per heavy atom. The number of pyridine rings is 1. The van der Waals surface area contributed by atoms with E-state index in [2.05, 4.69) is 20.9 Å². The Kier molecular flexibility index (Phi) is 2.65. The summed E-state index contributed by atoms with van der Waals surface area (Å²) in [6.07, 6.45) is 2.31. The Labute approximate surface area is 95.4 Å². The molecule has 0 amide bonds. The highest BCUT2D eigenvalue weighted by Crippen LogP contribution is 2.50. The van der Waals surface area contributed by atoms with Crippen LogP contribution in [0.4, 0.5) is 0 Å². The third kappa shape index (κ3) is 1.97. The SMILES string of the molecule is COc1ncc(Br)cc1[C@@H]1C[C@H]1C(=O)O. The van der Waals surface area contributed by atoms with Gasteiger partial charge in [-0.05, 0) is 28.4 Å². The first-order valence-electron chi connectivity index (χ1n) is 4.55. The Balaban J connectivity index is 2.28. The number of halogens is 1. The molecule has 0 saturated heterocycles. The van der Waals surface area contributed by atoms with Gasteiger partial charge in [0.2, 0.25) is 5.88 Å². The zero-order valence-corrected chi connectivity index (χ0v) is 9.69. The average Bonchev–Trinajstić information content (AvgIpc) is 2.97. The monoisotopic (exact) mass is 271 g/mol. The van der Waals surface area contributed by atoms with Crippen molar-refractivity contribution in [3.63, 3.8) is 0 Å². The summed E-state index contributed by atoms with van der Waals surface area (Å²) in [6, 6.07) is 1.87. The van der Waals surface area contributed by atoms with Gasteiger partial charge in [-0.3, -0.25) is 4.79 Å². The van der Waals surface area contributed by atoms with Crippen molar-refractivity contribution in [3.8, 4) is 5.88 Å². The van der Waals surface area contributed by atoms with Crippen molar-refractivity contribution in [2.24, 2.45) is 5.92 Å². The predicted octanol–water partition coefficient (Wildman–Crippen LogP) is 2.04. The van der Waals surface area contributed by atoms with Crippen molar-refractivity contribution in [3.05, 3.63) is 22.3 Å². The summed E-state index contributed by atoms with van der Waals surface area (Å²) >= 11 is 3.31. The van der Waals surface area contributed by atoms with Crippen LogP contribution in [0.15, 0.2) is 16.7 Å². The zero-order valence-electron chi connectivity index (χ0n) is 8.11. The summed E-state index contributed by atoms with van der Waals surface area (Å²) in [7, 11) is 1.54. The van der Waals surface area contributed by atoms with Crippen molar-refractivity contribution in [2.45, 2.75) is 12.3 Å².